The number of rotatable bonds is 6. The van der Waals surface area contributed by atoms with Crippen molar-refractivity contribution in [2.24, 2.45) is 0 Å². The molecule has 1 amide bonds. The molecule has 0 saturated heterocycles. The van der Waals surface area contributed by atoms with Crippen LogP contribution < -0.4 is 14.8 Å². The van der Waals surface area contributed by atoms with E-state index in [9.17, 15) is 4.79 Å². The van der Waals surface area contributed by atoms with E-state index in [1.165, 1.54) is 11.3 Å². The first-order valence-electron chi connectivity index (χ1n) is 7.43. The van der Waals surface area contributed by atoms with Gasteiger partial charge in [-0.25, -0.2) is 4.98 Å². The first kappa shape index (κ1) is 17.4. The van der Waals surface area contributed by atoms with Gasteiger partial charge in [-0.15, -0.1) is 11.3 Å². The van der Waals surface area contributed by atoms with Gasteiger partial charge in [0.2, 0.25) is 0 Å². The van der Waals surface area contributed by atoms with Crippen molar-refractivity contribution < 1.29 is 14.3 Å². The lowest BCUT2D eigenvalue weighted by Gasteiger charge is -2.07. The number of aromatic nitrogens is 1. The van der Waals surface area contributed by atoms with Gasteiger partial charge in [-0.05, 0) is 52.3 Å². The molecule has 1 N–H and O–H groups in total. The van der Waals surface area contributed by atoms with Gasteiger partial charge >= 0.3 is 0 Å². The molecule has 3 aromatic rings. The molecule has 0 fully saturated rings. The highest BCUT2D eigenvalue weighted by Crippen LogP contribution is 2.27. The number of anilines is 1. The van der Waals surface area contributed by atoms with Crippen molar-refractivity contribution in [3.8, 4) is 22.8 Å². The predicted molar refractivity (Wildman–Crippen MR) is 102 cm³/mol. The fourth-order valence-corrected chi connectivity index (χ4v) is 3.22. The van der Waals surface area contributed by atoms with Gasteiger partial charge in [-0.1, -0.05) is 12.1 Å². The Kier molecular flexibility index (Phi) is 5.67. The van der Waals surface area contributed by atoms with Crippen LogP contribution in [0.1, 0.15) is 0 Å². The number of amides is 1. The number of methoxy groups -OCH3 is 1. The molecule has 0 aliphatic heterocycles. The summed E-state index contributed by atoms with van der Waals surface area (Å²) >= 11 is 4.75. The average Bonchev–Trinajstić information content (AvgIpc) is 3.09. The van der Waals surface area contributed by atoms with Crippen LogP contribution in [-0.2, 0) is 4.79 Å². The smallest absolute Gasteiger partial charge is 0.264 e. The minimum absolute atomic E-state index is 0.0833. The summed E-state index contributed by atoms with van der Waals surface area (Å²) in [5.41, 5.74) is 1.76. The summed E-state index contributed by atoms with van der Waals surface area (Å²) < 4.78 is 11.4. The summed E-state index contributed by atoms with van der Waals surface area (Å²) in [5, 5.41) is 5.18. The summed E-state index contributed by atoms with van der Waals surface area (Å²) in [7, 11) is 1.63. The van der Waals surface area contributed by atoms with Gasteiger partial charge < -0.3 is 9.47 Å². The number of carbonyl (C=O) groups excluding carboxylic acids is 1. The van der Waals surface area contributed by atoms with Crippen molar-refractivity contribution in [1.29, 1.82) is 0 Å². The molecule has 25 heavy (non-hydrogen) atoms. The second kappa shape index (κ2) is 8.13. The highest BCUT2D eigenvalue weighted by molar-refractivity contribution is 9.10. The number of halogens is 1. The van der Waals surface area contributed by atoms with Crippen LogP contribution in [0.2, 0.25) is 0 Å². The Morgan fingerprint density at radius 1 is 1.20 bits per heavy atom. The van der Waals surface area contributed by atoms with Gasteiger partial charge in [0.05, 0.1) is 17.3 Å². The Balaban J connectivity index is 1.59. The lowest BCUT2D eigenvalue weighted by atomic mass is 10.2. The number of thiazole rings is 1. The zero-order valence-corrected chi connectivity index (χ0v) is 15.8. The van der Waals surface area contributed by atoms with Crippen LogP contribution in [0.15, 0.2) is 58.4 Å². The molecule has 3 rings (SSSR count). The first-order valence-corrected chi connectivity index (χ1v) is 9.10. The number of ether oxygens (including phenoxy) is 2. The monoisotopic (exact) mass is 418 g/mol. The number of nitrogens with zero attached hydrogens (tertiary/aromatic N) is 1. The third-order valence-corrected chi connectivity index (χ3v) is 4.74. The van der Waals surface area contributed by atoms with E-state index in [0.717, 1.165) is 21.5 Å². The number of benzene rings is 2. The number of hydrogen-bond donors (Lipinski definition) is 1. The van der Waals surface area contributed by atoms with Gasteiger partial charge in [0, 0.05) is 10.9 Å². The second-order valence-electron chi connectivity index (χ2n) is 5.03. The zero-order valence-electron chi connectivity index (χ0n) is 13.4. The van der Waals surface area contributed by atoms with Crippen LogP contribution in [0.3, 0.4) is 0 Å². The third-order valence-electron chi connectivity index (χ3n) is 3.33. The predicted octanol–water partition coefficient (Wildman–Crippen LogP) is 4.60. The lowest BCUT2D eigenvalue weighted by Crippen LogP contribution is -2.20. The number of carbonyl (C=O) groups is 1. The van der Waals surface area contributed by atoms with E-state index in [0.29, 0.717) is 10.9 Å². The van der Waals surface area contributed by atoms with E-state index in [4.69, 9.17) is 9.47 Å². The molecule has 0 atom stereocenters. The van der Waals surface area contributed by atoms with Crippen LogP contribution in [-0.4, -0.2) is 24.6 Å². The highest BCUT2D eigenvalue weighted by Gasteiger charge is 2.10. The minimum Gasteiger partial charge on any atom is -0.497 e. The lowest BCUT2D eigenvalue weighted by molar-refractivity contribution is -0.118. The van der Waals surface area contributed by atoms with E-state index < -0.39 is 0 Å². The molecule has 0 radical (unpaired) electrons. The van der Waals surface area contributed by atoms with Crippen molar-refractivity contribution in [2.45, 2.75) is 0 Å². The maximum Gasteiger partial charge on any atom is 0.264 e. The summed E-state index contributed by atoms with van der Waals surface area (Å²) in [6.07, 6.45) is 0. The molecule has 1 aromatic heterocycles. The van der Waals surface area contributed by atoms with Crippen LogP contribution in [0.25, 0.3) is 11.3 Å². The minimum atomic E-state index is -0.258. The Hall–Kier alpha value is -2.38. The van der Waals surface area contributed by atoms with Gasteiger partial charge in [0.25, 0.3) is 5.91 Å². The molecule has 0 spiro atoms. The fourth-order valence-electron chi connectivity index (χ4n) is 2.09. The maximum atomic E-state index is 12.0. The van der Waals surface area contributed by atoms with Crippen molar-refractivity contribution in [3.63, 3.8) is 0 Å². The largest absolute Gasteiger partial charge is 0.497 e. The molecule has 0 saturated carbocycles. The Morgan fingerprint density at radius 3 is 2.68 bits per heavy atom. The van der Waals surface area contributed by atoms with Gasteiger partial charge in [-0.2, -0.15) is 0 Å². The molecule has 7 heteroatoms. The Morgan fingerprint density at radius 2 is 1.96 bits per heavy atom. The number of nitrogens with one attached hydrogen (secondary N) is 1. The second-order valence-corrected chi connectivity index (χ2v) is 6.75. The van der Waals surface area contributed by atoms with Crippen molar-refractivity contribution in [2.75, 3.05) is 19.0 Å². The molecule has 1 heterocycles. The molecule has 0 unspecified atom stereocenters. The van der Waals surface area contributed by atoms with Gasteiger partial charge in [0.15, 0.2) is 11.7 Å². The molecule has 0 aliphatic carbocycles. The Labute approximate surface area is 157 Å². The van der Waals surface area contributed by atoms with Crippen LogP contribution in [0.4, 0.5) is 5.13 Å². The zero-order chi connectivity index (χ0) is 17.6. The summed E-state index contributed by atoms with van der Waals surface area (Å²) in [4.78, 5) is 16.5. The molecule has 0 bridgehead atoms. The fraction of sp³-hybridized carbons (Fsp3) is 0.111. The maximum absolute atomic E-state index is 12.0. The standard InChI is InChI=1S/C18H15BrN2O3S/c1-23-13-8-6-12(7-9-13)15-11-25-18(20-15)21-17(22)10-24-16-5-3-2-4-14(16)19/h2-9,11H,10H2,1H3,(H,20,21,22). The first-order chi connectivity index (χ1) is 12.2. The normalized spacial score (nSPS) is 10.3. The molecular formula is C18H15BrN2O3S. The van der Waals surface area contributed by atoms with Crippen LogP contribution in [0.5, 0.6) is 11.5 Å². The average molecular weight is 419 g/mol. The Bertz CT molecular complexity index is 865. The van der Waals surface area contributed by atoms with E-state index >= 15 is 0 Å². The van der Waals surface area contributed by atoms with Crippen molar-refractivity contribution >= 4 is 38.3 Å². The molecule has 5 nitrogen and oxygen atoms in total. The van der Waals surface area contributed by atoms with Crippen molar-refractivity contribution in [3.05, 3.63) is 58.4 Å². The van der Waals surface area contributed by atoms with E-state index in [1.54, 1.807) is 13.2 Å². The number of para-hydroxylation sites is 1. The summed E-state index contributed by atoms with van der Waals surface area (Å²) in [6.45, 7) is -0.0833. The molecule has 2 aromatic carbocycles. The third kappa shape index (κ3) is 4.58. The van der Waals surface area contributed by atoms with Crippen LogP contribution >= 0.6 is 27.3 Å². The quantitative estimate of drug-likeness (QED) is 0.635. The summed E-state index contributed by atoms with van der Waals surface area (Å²) in [5.74, 6) is 1.15. The van der Waals surface area contributed by atoms with Crippen LogP contribution in [0, 0.1) is 0 Å². The molecule has 128 valence electrons. The molecule has 0 aliphatic rings. The highest BCUT2D eigenvalue weighted by atomic mass is 79.9. The summed E-state index contributed by atoms with van der Waals surface area (Å²) in [6, 6.07) is 15.0. The van der Waals surface area contributed by atoms with E-state index in [2.05, 4.69) is 26.2 Å². The van der Waals surface area contributed by atoms with E-state index in [-0.39, 0.29) is 12.5 Å². The number of hydrogen-bond acceptors (Lipinski definition) is 5. The molecular weight excluding hydrogens is 404 g/mol. The van der Waals surface area contributed by atoms with Crippen molar-refractivity contribution in [1.82, 2.24) is 4.98 Å². The topological polar surface area (TPSA) is 60.5 Å². The SMILES string of the molecule is COc1ccc(-c2csc(NC(=O)COc3ccccc3Br)n2)cc1. The van der Waals surface area contributed by atoms with E-state index in [1.807, 2.05) is 47.8 Å². The van der Waals surface area contributed by atoms with Gasteiger partial charge in [-0.3, -0.25) is 10.1 Å². The van der Waals surface area contributed by atoms with Gasteiger partial charge in [0.1, 0.15) is 11.5 Å².